The predicted octanol–water partition coefficient (Wildman–Crippen LogP) is 9.89. The van der Waals surface area contributed by atoms with Crippen LogP contribution in [-0.4, -0.2) is 64.9 Å². The molecule has 0 saturated carbocycles. The molecule has 0 aliphatic carbocycles. The van der Waals surface area contributed by atoms with Crippen LogP contribution in [0, 0.1) is 0 Å². The Labute approximate surface area is 315 Å². The van der Waals surface area contributed by atoms with Crippen molar-refractivity contribution in [2.45, 2.75) is 193 Å². The van der Waals surface area contributed by atoms with Gasteiger partial charge in [0.1, 0.15) is 12.7 Å². The third kappa shape index (κ3) is 35.0. The van der Waals surface area contributed by atoms with Crippen LogP contribution in [0.3, 0.4) is 0 Å². The van der Waals surface area contributed by atoms with E-state index in [1.165, 1.54) is 77.0 Å². The Morgan fingerprint density at radius 2 is 1.06 bits per heavy atom. The van der Waals surface area contributed by atoms with Crippen molar-refractivity contribution in [2.24, 2.45) is 0 Å². The number of phosphoric acid groups is 1. The highest BCUT2D eigenvalue weighted by atomic mass is 31.2. The van der Waals surface area contributed by atoms with Gasteiger partial charge in [-0.3, -0.25) is 18.6 Å². The molecule has 0 radical (unpaired) electrons. The number of allylic oxidation sites excluding steroid dienone is 4. The van der Waals surface area contributed by atoms with Crippen LogP contribution in [0.15, 0.2) is 24.3 Å². The molecule has 4 N–H and O–H groups in total. The topological polar surface area (TPSA) is 169 Å². The van der Waals surface area contributed by atoms with Gasteiger partial charge in [-0.25, -0.2) is 9.36 Å². The van der Waals surface area contributed by atoms with Gasteiger partial charge in [-0.2, -0.15) is 0 Å². The summed E-state index contributed by atoms with van der Waals surface area (Å²) >= 11 is 0. The maximum Gasteiger partial charge on any atom is 0.472 e. The lowest BCUT2D eigenvalue weighted by Crippen LogP contribution is -2.43. The molecule has 0 aromatic carbocycles. The zero-order valence-electron chi connectivity index (χ0n) is 32.6. The minimum absolute atomic E-state index is 0.148. The molecule has 0 heterocycles. The van der Waals surface area contributed by atoms with Crippen molar-refractivity contribution in [3.05, 3.63) is 24.3 Å². The Morgan fingerprint density at radius 1 is 0.615 bits per heavy atom. The molecule has 0 rings (SSSR count). The number of hydrogen-bond donors (Lipinski definition) is 4. The summed E-state index contributed by atoms with van der Waals surface area (Å²) in [4.78, 5) is 45.8. The third-order valence-electron chi connectivity index (χ3n) is 8.74. The molecule has 0 saturated heterocycles. The number of hydrogen-bond acceptors (Lipinski definition) is 8. The largest absolute Gasteiger partial charge is 0.480 e. The van der Waals surface area contributed by atoms with Crippen molar-refractivity contribution >= 4 is 25.7 Å². The lowest BCUT2D eigenvalue weighted by molar-refractivity contribution is -0.147. The fraction of sp³-hybridized carbons (Fsp3) is 0.825. The number of amides is 1. The summed E-state index contributed by atoms with van der Waals surface area (Å²) < 4.78 is 26.7. The molecule has 52 heavy (non-hydrogen) atoms. The second-order valence-electron chi connectivity index (χ2n) is 13.8. The van der Waals surface area contributed by atoms with E-state index in [9.17, 15) is 34.1 Å². The number of aliphatic carboxylic acids is 1. The highest BCUT2D eigenvalue weighted by Crippen LogP contribution is 2.43. The van der Waals surface area contributed by atoms with Crippen LogP contribution in [-0.2, 0) is 32.7 Å². The number of carbonyl (C=O) groups excluding carboxylic acids is 2. The number of unbranched alkanes of at least 4 members (excludes halogenated alkanes) is 20. The van der Waals surface area contributed by atoms with E-state index >= 15 is 0 Å². The lowest BCUT2D eigenvalue weighted by Gasteiger charge is -2.18. The summed E-state index contributed by atoms with van der Waals surface area (Å²) in [5, 5.41) is 21.8. The smallest absolute Gasteiger partial charge is 0.472 e. The van der Waals surface area contributed by atoms with Crippen molar-refractivity contribution in [3.8, 4) is 0 Å². The zero-order chi connectivity index (χ0) is 38.5. The van der Waals surface area contributed by atoms with E-state index in [0.717, 1.165) is 64.2 Å². The van der Waals surface area contributed by atoms with Crippen molar-refractivity contribution < 1.29 is 47.8 Å². The van der Waals surface area contributed by atoms with Crippen LogP contribution in [0.1, 0.15) is 181 Å². The number of carboxylic acids is 1. The highest BCUT2D eigenvalue weighted by Gasteiger charge is 2.28. The van der Waals surface area contributed by atoms with Crippen molar-refractivity contribution in [1.82, 2.24) is 5.32 Å². The molecule has 0 aliphatic heterocycles. The van der Waals surface area contributed by atoms with Gasteiger partial charge in [-0.05, 0) is 44.9 Å². The van der Waals surface area contributed by atoms with E-state index in [4.69, 9.17) is 13.8 Å². The number of carboxylic acid groups (broad SMARTS) is 1. The molecule has 0 aromatic heterocycles. The number of phosphoric ester groups is 1. The quantitative estimate of drug-likeness (QED) is 0.0206. The first-order chi connectivity index (χ1) is 25.1. The van der Waals surface area contributed by atoms with Gasteiger partial charge in [0.05, 0.1) is 13.2 Å². The predicted molar refractivity (Wildman–Crippen MR) is 208 cm³/mol. The summed E-state index contributed by atoms with van der Waals surface area (Å²) in [6.45, 7) is 2.54. The van der Waals surface area contributed by atoms with Crippen molar-refractivity contribution in [1.29, 1.82) is 0 Å². The molecule has 0 spiro atoms. The number of ether oxygens (including phenoxy) is 1. The standard InChI is InChI=1S/C40H74NO10P/c1-3-5-7-9-11-13-15-17-18-20-22-24-26-28-30-32-39(44)49-33-36(42)34-50-52(47,48)51-35-37(40(45)46)41-38(43)31-29-27-25-23-21-19-16-14-12-10-8-6-4-2/h11,13,17-18,36-37,42H,3-10,12,14-16,19-35H2,1-2H3,(H,41,43)(H,45,46)(H,47,48)/b13-11-,18-17-. The molecule has 0 bridgehead atoms. The number of rotatable bonds is 38. The van der Waals surface area contributed by atoms with E-state index in [1.54, 1.807) is 0 Å². The minimum Gasteiger partial charge on any atom is -0.480 e. The number of esters is 1. The third-order valence-corrected chi connectivity index (χ3v) is 9.69. The van der Waals surface area contributed by atoms with Crippen LogP contribution < -0.4 is 5.32 Å². The molecule has 12 heteroatoms. The van der Waals surface area contributed by atoms with Gasteiger partial charge >= 0.3 is 19.8 Å². The molecule has 3 atom stereocenters. The van der Waals surface area contributed by atoms with Crippen LogP contribution in [0.5, 0.6) is 0 Å². The second-order valence-corrected chi connectivity index (χ2v) is 15.3. The van der Waals surface area contributed by atoms with Gasteiger partial charge in [0.2, 0.25) is 5.91 Å². The monoisotopic (exact) mass is 760 g/mol. The van der Waals surface area contributed by atoms with Gasteiger partial charge in [-0.15, -0.1) is 0 Å². The molecular weight excluding hydrogens is 685 g/mol. The molecular formula is C40H74NO10P. The van der Waals surface area contributed by atoms with Crippen molar-refractivity contribution in [3.63, 3.8) is 0 Å². The second kappa shape index (κ2) is 36.0. The Balaban J connectivity index is 3.95. The first kappa shape index (κ1) is 50.0. The SMILES string of the molecule is CCCCC/C=C\C/C=C\CCCCCCCC(=O)OCC(O)COP(=O)(O)OCC(NC(=O)CCCCCCCCCCCCCCC)C(=O)O. The molecule has 0 aromatic rings. The summed E-state index contributed by atoms with van der Waals surface area (Å²) in [6.07, 6.45) is 34.9. The summed E-state index contributed by atoms with van der Waals surface area (Å²) in [5.41, 5.74) is 0. The maximum absolute atomic E-state index is 12.3. The minimum atomic E-state index is -4.75. The molecule has 11 nitrogen and oxygen atoms in total. The molecule has 304 valence electrons. The van der Waals surface area contributed by atoms with Gasteiger partial charge in [0, 0.05) is 12.8 Å². The fourth-order valence-corrected chi connectivity index (χ4v) is 6.29. The summed E-state index contributed by atoms with van der Waals surface area (Å²) in [6, 6.07) is -1.54. The maximum atomic E-state index is 12.3. The summed E-state index contributed by atoms with van der Waals surface area (Å²) in [7, 11) is -4.75. The lowest BCUT2D eigenvalue weighted by atomic mass is 10.0. The zero-order valence-corrected chi connectivity index (χ0v) is 33.5. The fourth-order valence-electron chi connectivity index (χ4n) is 5.52. The van der Waals surface area contributed by atoms with E-state index in [0.29, 0.717) is 12.8 Å². The van der Waals surface area contributed by atoms with Crippen LogP contribution >= 0.6 is 7.82 Å². The van der Waals surface area contributed by atoms with Crippen LogP contribution in [0.2, 0.25) is 0 Å². The van der Waals surface area contributed by atoms with Crippen LogP contribution in [0.4, 0.5) is 0 Å². The van der Waals surface area contributed by atoms with E-state index in [2.05, 4.69) is 43.5 Å². The van der Waals surface area contributed by atoms with Gasteiger partial charge in [-0.1, -0.05) is 147 Å². The van der Waals surface area contributed by atoms with Crippen LogP contribution in [0.25, 0.3) is 0 Å². The van der Waals surface area contributed by atoms with Gasteiger partial charge in [0.25, 0.3) is 0 Å². The first-order valence-electron chi connectivity index (χ1n) is 20.4. The van der Waals surface area contributed by atoms with Gasteiger partial charge < -0.3 is 25.2 Å². The number of aliphatic hydroxyl groups is 1. The molecule has 0 aliphatic rings. The number of aliphatic hydroxyl groups excluding tert-OH is 1. The number of carbonyl (C=O) groups is 3. The highest BCUT2D eigenvalue weighted by molar-refractivity contribution is 7.47. The van der Waals surface area contributed by atoms with E-state index < -0.39 is 57.6 Å². The Bertz CT molecular complexity index is 989. The average molecular weight is 760 g/mol. The Morgan fingerprint density at radius 3 is 1.60 bits per heavy atom. The Hall–Kier alpha value is -2.04. The Kier molecular flexibility index (Phi) is 34.6. The average Bonchev–Trinajstić information content (AvgIpc) is 3.11. The van der Waals surface area contributed by atoms with E-state index in [1.807, 2.05) is 0 Å². The first-order valence-corrected chi connectivity index (χ1v) is 21.9. The van der Waals surface area contributed by atoms with Gasteiger partial charge in [0.15, 0.2) is 6.04 Å². The summed E-state index contributed by atoms with van der Waals surface area (Å²) in [5.74, 6) is -2.38. The number of nitrogens with one attached hydrogen (secondary N) is 1. The van der Waals surface area contributed by atoms with Crippen molar-refractivity contribution in [2.75, 3.05) is 19.8 Å². The molecule has 3 unspecified atom stereocenters. The molecule has 1 amide bonds. The molecule has 0 fully saturated rings. The van der Waals surface area contributed by atoms with E-state index in [-0.39, 0.29) is 12.8 Å². The normalized spacial score (nSPS) is 14.1.